The Hall–Kier alpha value is -1.77. The molecule has 0 bridgehead atoms. The lowest BCUT2D eigenvalue weighted by molar-refractivity contribution is -0.173. The molecule has 0 saturated carbocycles. The van der Waals surface area contributed by atoms with Gasteiger partial charge < -0.3 is 18.9 Å². The van der Waals surface area contributed by atoms with Crippen LogP contribution >= 0.6 is 11.8 Å². The summed E-state index contributed by atoms with van der Waals surface area (Å²) < 4.78 is 19.1. The Morgan fingerprint density at radius 1 is 0.731 bits per heavy atom. The van der Waals surface area contributed by atoms with Gasteiger partial charge in [0.15, 0.2) is 0 Å². The van der Waals surface area contributed by atoms with Crippen LogP contribution in [0.5, 0.6) is 0 Å². The second-order valence-electron chi connectivity index (χ2n) is 7.46. The van der Waals surface area contributed by atoms with E-state index in [9.17, 15) is 19.2 Å². The SMILES string of the molecule is CC(C)(C)C(=O)OCOC(=O)CCCSC(=O)OCOC(=O)C(C)(C)C. The summed E-state index contributed by atoms with van der Waals surface area (Å²) in [6.07, 6.45) is 0.458. The van der Waals surface area contributed by atoms with Crippen molar-refractivity contribution in [2.45, 2.75) is 54.4 Å². The molecule has 0 aromatic heterocycles. The average molecular weight is 392 g/mol. The second kappa shape index (κ2) is 11.1. The molecule has 9 heteroatoms. The van der Waals surface area contributed by atoms with Gasteiger partial charge in [-0.2, -0.15) is 0 Å². The van der Waals surface area contributed by atoms with Gasteiger partial charge in [-0.3, -0.25) is 14.4 Å². The molecule has 0 unspecified atom stereocenters. The molecule has 0 saturated heterocycles. The summed E-state index contributed by atoms with van der Waals surface area (Å²) in [5.74, 6) is -1.12. The smallest absolute Gasteiger partial charge is 0.370 e. The Morgan fingerprint density at radius 2 is 1.19 bits per heavy atom. The first-order chi connectivity index (χ1) is 11.8. The topological polar surface area (TPSA) is 105 Å². The van der Waals surface area contributed by atoms with Crippen LogP contribution in [0.15, 0.2) is 0 Å². The fourth-order valence-corrected chi connectivity index (χ4v) is 1.79. The highest BCUT2D eigenvalue weighted by Crippen LogP contribution is 2.16. The number of ether oxygens (including phenoxy) is 4. The first kappa shape index (κ1) is 24.2. The molecule has 0 aliphatic rings. The van der Waals surface area contributed by atoms with Crippen molar-refractivity contribution in [3.8, 4) is 0 Å². The van der Waals surface area contributed by atoms with Crippen LogP contribution in [0.1, 0.15) is 54.4 Å². The molecule has 0 rings (SSSR count). The number of hydrogen-bond donors (Lipinski definition) is 0. The van der Waals surface area contributed by atoms with Gasteiger partial charge in [0.2, 0.25) is 13.6 Å². The molecule has 0 amide bonds. The molecule has 0 fully saturated rings. The van der Waals surface area contributed by atoms with E-state index in [0.29, 0.717) is 12.2 Å². The zero-order valence-corrected chi connectivity index (χ0v) is 17.0. The summed E-state index contributed by atoms with van der Waals surface area (Å²) in [4.78, 5) is 45.8. The lowest BCUT2D eigenvalue weighted by Gasteiger charge is -2.16. The third-order valence-corrected chi connectivity index (χ3v) is 3.59. The van der Waals surface area contributed by atoms with Gasteiger partial charge >= 0.3 is 23.2 Å². The first-order valence-electron chi connectivity index (χ1n) is 8.13. The molecule has 0 aromatic carbocycles. The second-order valence-corrected chi connectivity index (χ2v) is 8.49. The minimum absolute atomic E-state index is 0.0758. The maximum Gasteiger partial charge on any atom is 0.370 e. The van der Waals surface area contributed by atoms with Crippen molar-refractivity contribution >= 4 is 35.0 Å². The molecule has 26 heavy (non-hydrogen) atoms. The molecule has 150 valence electrons. The zero-order valence-electron chi connectivity index (χ0n) is 16.2. The molecule has 0 aliphatic heterocycles. The predicted octanol–water partition coefficient (Wildman–Crippen LogP) is 3.27. The molecule has 0 aliphatic carbocycles. The molecular weight excluding hydrogens is 364 g/mol. The van der Waals surface area contributed by atoms with Crippen LogP contribution < -0.4 is 0 Å². The summed E-state index contributed by atoms with van der Waals surface area (Å²) in [5.41, 5.74) is -1.33. The van der Waals surface area contributed by atoms with E-state index in [1.54, 1.807) is 41.5 Å². The largest absolute Gasteiger partial charge is 0.428 e. The van der Waals surface area contributed by atoms with Crippen molar-refractivity contribution in [1.82, 2.24) is 0 Å². The van der Waals surface area contributed by atoms with Crippen molar-refractivity contribution in [3.05, 3.63) is 0 Å². The van der Waals surface area contributed by atoms with Crippen molar-refractivity contribution in [1.29, 1.82) is 0 Å². The molecule has 8 nitrogen and oxygen atoms in total. The van der Waals surface area contributed by atoms with E-state index in [-0.39, 0.29) is 6.42 Å². The maximum absolute atomic E-state index is 11.5. The fraction of sp³-hybridized carbons (Fsp3) is 0.765. The van der Waals surface area contributed by atoms with Gasteiger partial charge in [-0.15, -0.1) is 0 Å². The summed E-state index contributed by atoms with van der Waals surface area (Å²) in [7, 11) is 0. The monoisotopic (exact) mass is 392 g/mol. The molecule has 0 atom stereocenters. The fourth-order valence-electron chi connectivity index (χ4n) is 1.20. The normalized spacial score (nSPS) is 11.5. The van der Waals surface area contributed by atoms with Crippen LogP contribution in [0.4, 0.5) is 4.79 Å². The number of thioether (sulfide) groups is 1. The quantitative estimate of drug-likeness (QED) is 0.349. The highest BCUT2D eigenvalue weighted by Gasteiger charge is 2.24. The molecule has 0 heterocycles. The van der Waals surface area contributed by atoms with E-state index < -0.39 is 47.6 Å². The zero-order chi connectivity index (χ0) is 20.4. The van der Waals surface area contributed by atoms with Crippen molar-refractivity contribution in [3.63, 3.8) is 0 Å². The average Bonchev–Trinajstić information content (AvgIpc) is 2.49. The molecule has 0 radical (unpaired) electrons. The van der Waals surface area contributed by atoms with Crippen molar-refractivity contribution in [2.75, 3.05) is 19.3 Å². The summed E-state index contributed by atoms with van der Waals surface area (Å²) in [6, 6.07) is 0. The maximum atomic E-state index is 11.5. The van der Waals surface area contributed by atoms with Gasteiger partial charge in [-0.1, -0.05) is 0 Å². The van der Waals surface area contributed by atoms with Crippen LogP contribution in [-0.2, 0) is 33.3 Å². The standard InChI is InChI=1S/C17H28O8S/c1-16(2,3)13(19)23-10-22-12(18)8-7-9-26-15(21)25-11-24-14(20)17(4,5)6/h7-11H2,1-6H3. The van der Waals surface area contributed by atoms with E-state index in [0.717, 1.165) is 11.8 Å². The Bertz CT molecular complexity index is 456. The highest BCUT2D eigenvalue weighted by atomic mass is 32.2. The lowest BCUT2D eigenvalue weighted by Crippen LogP contribution is -2.24. The highest BCUT2D eigenvalue weighted by molar-refractivity contribution is 8.13. The summed E-state index contributed by atoms with van der Waals surface area (Å²) in [5, 5.41) is -0.598. The third kappa shape index (κ3) is 11.7. The van der Waals surface area contributed by atoms with Crippen LogP contribution in [0.3, 0.4) is 0 Å². The molecule has 0 N–H and O–H groups in total. The van der Waals surface area contributed by atoms with Crippen molar-refractivity contribution < 1.29 is 38.1 Å². The van der Waals surface area contributed by atoms with Crippen LogP contribution in [-0.4, -0.2) is 42.5 Å². The van der Waals surface area contributed by atoms with Gasteiger partial charge in [-0.25, -0.2) is 4.79 Å². The Labute approximate surface area is 158 Å². The Balaban J connectivity index is 3.73. The van der Waals surface area contributed by atoms with E-state index in [1.807, 2.05) is 0 Å². The number of carbonyl (C=O) groups excluding carboxylic acids is 4. The summed E-state index contributed by atoms with van der Waals surface area (Å²) in [6.45, 7) is 9.28. The van der Waals surface area contributed by atoms with Gasteiger partial charge in [0.1, 0.15) is 0 Å². The van der Waals surface area contributed by atoms with Gasteiger partial charge in [0.25, 0.3) is 0 Å². The third-order valence-electron chi connectivity index (χ3n) is 2.75. The van der Waals surface area contributed by atoms with Crippen LogP contribution in [0.25, 0.3) is 0 Å². The van der Waals surface area contributed by atoms with E-state index in [4.69, 9.17) is 18.9 Å². The number of hydrogen-bond acceptors (Lipinski definition) is 9. The number of esters is 3. The minimum Gasteiger partial charge on any atom is -0.428 e. The Morgan fingerprint density at radius 3 is 1.65 bits per heavy atom. The predicted molar refractivity (Wildman–Crippen MR) is 95.1 cm³/mol. The number of carbonyl (C=O) groups is 4. The minimum atomic E-state index is -0.666. The van der Waals surface area contributed by atoms with E-state index in [2.05, 4.69) is 0 Å². The summed E-state index contributed by atoms with van der Waals surface area (Å²) >= 11 is 0.864. The van der Waals surface area contributed by atoms with Gasteiger partial charge in [0.05, 0.1) is 10.8 Å². The van der Waals surface area contributed by atoms with Crippen LogP contribution in [0, 0.1) is 10.8 Å². The molecule has 0 spiro atoms. The van der Waals surface area contributed by atoms with Crippen LogP contribution in [0.2, 0.25) is 0 Å². The molecule has 0 aromatic rings. The first-order valence-corrected chi connectivity index (χ1v) is 9.12. The van der Waals surface area contributed by atoms with E-state index >= 15 is 0 Å². The van der Waals surface area contributed by atoms with Gasteiger partial charge in [0, 0.05) is 12.2 Å². The molecular formula is C17H28O8S. The van der Waals surface area contributed by atoms with Gasteiger partial charge in [-0.05, 0) is 59.7 Å². The number of rotatable bonds is 8. The lowest BCUT2D eigenvalue weighted by atomic mass is 9.97. The van der Waals surface area contributed by atoms with E-state index in [1.165, 1.54) is 0 Å². The Kier molecular flexibility index (Phi) is 10.3. The van der Waals surface area contributed by atoms with Crippen molar-refractivity contribution in [2.24, 2.45) is 10.8 Å².